The number of piperidine rings is 1. The molecule has 0 bridgehead atoms. The molecule has 6 heteroatoms. The van der Waals surface area contributed by atoms with Crippen molar-refractivity contribution in [3.05, 3.63) is 101 Å². The minimum atomic E-state index is -0.435. The van der Waals surface area contributed by atoms with Crippen LogP contribution in [0.1, 0.15) is 40.0 Å². The van der Waals surface area contributed by atoms with Gasteiger partial charge in [0.25, 0.3) is 5.91 Å². The van der Waals surface area contributed by atoms with Crippen LogP contribution < -0.4 is 5.32 Å². The largest absolute Gasteiger partial charge is 0.338 e. The number of benzene rings is 2. The lowest BCUT2D eigenvalue weighted by Crippen LogP contribution is -2.60. The Kier molecular flexibility index (Phi) is 6.64. The number of hydrogen-bond donors (Lipinski definition) is 1. The van der Waals surface area contributed by atoms with Gasteiger partial charge in [-0.2, -0.15) is 0 Å². The average Bonchev–Trinajstić information content (AvgIpc) is 3.14. The first-order valence-corrected chi connectivity index (χ1v) is 12.4. The van der Waals surface area contributed by atoms with E-state index in [9.17, 15) is 9.59 Å². The summed E-state index contributed by atoms with van der Waals surface area (Å²) < 4.78 is 0. The Bertz CT molecular complexity index is 1160. The van der Waals surface area contributed by atoms with Gasteiger partial charge in [0.1, 0.15) is 0 Å². The summed E-state index contributed by atoms with van der Waals surface area (Å²) in [6, 6.07) is 23.5. The molecule has 3 heterocycles. The van der Waals surface area contributed by atoms with Crippen molar-refractivity contribution in [3.8, 4) is 0 Å². The van der Waals surface area contributed by atoms with Gasteiger partial charge in [-0.1, -0.05) is 54.1 Å². The molecule has 0 aliphatic carbocycles. The molecule has 1 atom stereocenters. The molecule has 2 aliphatic rings. The summed E-state index contributed by atoms with van der Waals surface area (Å²) in [4.78, 5) is 35.1. The second-order valence-corrected chi connectivity index (χ2v) is 9.64. The standard InChI is InChI=1S/C29H32N4O2/c1-22-10-12-24(13-11-22)27(34)32-19-15-29(16-20-32)31-26(21-23-7-3-2-4-8-23)28(35)33(29)18-14-25-9-5-6-17-30-25/h2-13,17,26,31H,14-16,18-21H2,1H3. The molecule has 2 saturated heterocycles. The normalized spacial score (nSPS) is 19.3. The van der Waals surface area contributed by atoms with E-state index in [1.165, 1.54) is 0 Å². The predicted octanol–water partition coefficient (Wildman–Crippen LogP) is 3.61. The maximum atomic E-state index is 13.6. The number of aromatic nitrogens is 1. The van der Waals surface area contributed by atoms with Crippen molar-refractivity contribution >= 4 is 11.8 Å². The van der Waals surface area contributed by atoms with Gasteiger partial charge in [-0.05, 0) is 43.2 Å². The Morgan fingerprint density at radius 1 is 1.00 bits per heavy atom. The number of hydrogen-bond acceptors (Lipinski definition) is 4. The van der Waals surface area contributed by atoms with Gasteiger partial charge in [-0.15, -0.1) is 0 Å². The average molecular weight is 469 g/mol. The van der Waals surface area contributed by atoms with Gasteiger partial charge in [-0.3, -0.25) is 19.9 Å². The highest BCUT2D eigenvalue weighted by atomic mass is 16.2. The highest BCUT2D eigenvalue weighted by Gasteiger charge is 2.51. The summed E-state index contributed by atoms with van der Waals surface area (Å²) in [5.41, 5.74) is 3.55. The van der Waals surface area contributed by atoms with Crippen LogP contribution in [0.2, 0.25) is 0 Å². The molecule has 1 unspecified atom stereocenters. The third-order valence-corrected chi connectivity index (χ3v) is 7.30. The molecule has 5 rings (SSSR count). The van der Waals surface area contributed by atoms with Crippen LogP contribution >= 0.6 is 0 Å². The number of nitrogens with one attached hydrogen (secondary N) is 1. The zero-order chi connectivity index (χ0) is 24.3. The van der Waals surface area contributed by atoms with E-state index in [1.807, 2.05) is 77.4 Å². The SMILES string of the molecule is Cc1ccc(C(=O)N2CCC3(CC2)NC(Cc2ccccc2)C(=O)N3CCc2ccccn2)cc1. The van der Waals surface area contributed by atoms with Crippen molar-refractivity contribution in [2.45, 2.75) is 44.3 Å². The second kappa shape index (κ2) is 10.0. The number of likely N-dealkylation sites (tertiary alicyclic amines) is 1. The number of aryl methyl sites for hydroxylation is 1. The van der Waals surface area contributed by atoms with Crippen LogP contribution in [0.4, 0.5) is 0 Å². The van der Waals surface area contributed by atoms with Gasteiger partial charge < -0.3 is 9.80 Å². The van der Waals surface area contributed by atoms with E-state index in [1.54, 1.807) is 6.20 Å². The zero-order valence-electron chi connectivity index (χ0n) is 20.2. The smallest absolute Gasteiger partial charge is 0.253 e. The van der Waals surface area contributed by atoms with E-state index in [0.717, 1.165) is 22.4 Å². The van der Waals surface area contributed by atoms with Crippen molar-refractivity contribution in [3.63, 3.8) is 0 Å². The summed E-state index contributed by atoms with van der Waals surface area (Å²) in [6.45, 7) is 3.86. The Morgan fingerprint density at radius 2 is 1.71 bits per heavy atom. The Balaban J connectivity index is 1.32. The van der Waals surface area contributed by atoms with Crippen LogP contribution in [0.5, 0.6) is 0 Å². The number of carbonyl (C=O) groups is 2. The molecule has 180 valence electrons. The maximum Gasteiger partial charge on any atom is 0.253 e. The molecule has 6 nitrogen and oxygen atoms in total. The highest BCUT2D eigenvalue weighted by Crippen LogP contribution is 2.34. The second-order valence-electron chi connectivity index (χ2n) is 9.64. The molecular weight excluding hydrogens is 436 g/mol. The monoisotopic (exact) mass is 468 g/mol. The third-order valence-electron chi connectivity index (χ3n) is 7.30. The predicted molar refractivity (Wildman–Crippen MR) is 136 cm³/mol. The van der Waals surface area contributed by atoms with E-state index >= 15 is 0 Å². The lowest BCUT2D eigenvalue weighted by atomic mass is 9.94. The molecule has 2 amide bonds. The minimum absolute atomic E-state index is 0.0602. The van der Waals surface area contributed by atoms with E-state index in [-0.39, 0.29) is 17.9 Å². The van der Waals surface area contributed by atoms with Gasteiger partial charge in [0.2, 0.25) is 5.91 Å². The molecular formula is C29H32N4O2. The van der Waals surface area contributed by atoms with Crippen molar-refractivity contribution in [2.75, 3.05) is 19.6 Å². The van der Waals surface area contributed by atoms with Crippen LogP contribution in [0, 0.1) is 6.92 Å². The van der Waals surface area contributed by atoms with E-state index in [2.05, 4.69) is 22.4 Å². The van der Waals surface area contributed by atoms with Crippen LogP contribution in [-0.2, 0) is 17.6 Å². The van der Waals surface area contributed by atoms with Crippen LogP contribution in [0.15, 0.2) is 79.0 Å². The van der Waals surface area contributed by atoms with Gasteiger partial charge in [0.05, 0.1) is 11.7 Å². The molecule has 0 saturated carbocycles. The fourth-order valence-electron chi connectivity index (χ4n) is 5.32. The number of pyridine rings is 1. The summed E-state index contributed by atoms with van der Waals surface area (Å²) in [7, 11) is 0. The fourth-order valence-corrected chi connectivity index (χ4v) is 5.32. The van der Waals surface area contributed by atoms with Crippen LogP contribution in [0.3, 0.4) is 0 Å². The summed E-state index contributed by atoms with van der Waals surface area (Å²) in [5.74, 6) is 0.202. The molecule has 35 heavy (non-hydrogen) atoms. The first-order chi connectivity index (χ1) is 17.0. The molecule has 2 fully saturated rings. The van der Waals surface area contributed by atoms with E-state index < -0.39 is 5.66 Å². The van der Waals surface area contributed by atoms with Gasteiger partial charge in [-0.25, -0.2) is 0 Å². The number of amides is 2. The maximum absolute atomic E-state index is 13.6. The van der Waals surface area contributed by atoms with Gasteiger partial charge in [0.15, 0.2) is 0 Å². The van der Waals surface area contributed by atoms with Crippen molar-refractivity contribution in [2.24, 2.45) is 0 Å². The third kappa shape index (κ3) is 4.98. The fraction of sp³-hybridized carbons (Fsp3) is 0.345. The van der Waals surface area contributed by atoms with Crippen molar-refractivity contribution < 1.29 is 9.59 Å². The first-order valence-electron chi connectivity index (χ1n) is 12.4. The summed E-state index contributed by atoms with van der Waals surface area (Å²) in [5, 5.41) is 3.72. The molecule has 1 spiro atoms. The lowest BCUT2D eigenvalue weighted by molar-refractivity contribution is -0.133. The molecule has 1 N–H and O–H groups in total. The summed E-state index contributed by atoms with van der Waals surface area (Å²) in [6.07, 6.45) is 4.59. The molecule has 3 aromatic rings. The van der Waals surface area contributed by atoms with Crippen molar-refractivity contribution in [1.82, 2.24) is 20.1 Å². The van der Waals surface area contributed by atoms with Crippen LogP contribution in [-0.4, -0.2) is 57.9 Å². The molecule has 2 aromatic carbocycles. The molecule has 1 aromatic heterocycles. The van der Waals surface area contributed by atoms with E-state index in [0.29, 0.717) is 45.3 Å². The zero-order valence-corrected chi connectivity index (χ0v) is 20.2. The highest BCUT2D eigenvalue weighted by molar-refractivity contribution is 5.94. The Labute approximate surface area is 207 Å². The van der Waals surface area contributed by atoms with Crippen LogP contribution in [0.25, 0.3) is 0 Å². The minimum Gasteiger partial charge on any atom is -0.338 e. The molecule has 0 radical (unpaired) electrons. The quantitative estimate of drug-likeness (QED) is 0.600. The van der Waals surface area contributed by atoms with E-state index in [4.69, 9.17) is 0 Å². The Morgan fingerprint density at radius 3 is 2.40 bits per heavy atom. The lowest BCUT2D eigenvalue weighted by Gasteiger charge is -2.44. The number of rotatable bonds is 6. The topological polar surface area (TPSA) is 65.5 Å². The number of carbonyl (C=O) groups excluding carboxylic acids is 2. The first kappa shape index (κ1) is 23.2. The van der Waals surface area contributed by atoms with Gasteiger partial charge in [0, 0.05) is 56.4 Å². The molecule has 2 aliphatic heterocycles. The number of nitrogens with zero attached hydrogens (tertiary/aromatic N) is 3. The van der Waals surface area contributed by atoms with Crippen molar-refractivity contribution in [1.29, 1.82) is 0 Å². The Hall–Kier alpha value is -3.51. The van der Waals surface area contributed by atoms with Gasteiger partial charge >= 0.3 is 0 Å². The summed E-state index contributed by atoms with van der Waals surface area (Å²) >= 11 is 0.